The summed E-state index contributed by atoms with van der Waals surface area (Å²) in [5.41, 5.74) is 6.36. The SMILES string of the molecule is N[C@@H](CCC(=O)Nc1cc(Cl)cc(S(=O)(=O)O)c1O)C(=O)NO. The number of nitrogens with one attached hydrogen (secondary N) is 2. The van der Waals surface area contributed by atoms with Crippen molar-refractivity contribution in [2.75, 3.05) is 5.32 Å². The van der Waals surface area contributed by atoms with Crippen molar-refractivity contribution in [2.24, 2.45) is 5.73 Å². The molecule has 0 fully saturated rings. The number of nitrogens with two attached hydrogens (primary N) is 1. The molecule has 23 heavy (non-hydrogen) atoms. The minimum Gasteiger partial charge on any atom is -0.504 e. The van der Waals surface area contributed by atoms with E-state index in [2.05, 4.69) is 5.32 Å². The summed E-state index contributed by atoms with van der Waals surface area (Å²) >= 11 is 5.66. The van der Waals surface area contributed by atoms with Crippen LogP contribution in [0.3, 0.4) is 0 Å². The number of phenolic OH excluding ortho intramolecular Hbond substituents is 1. The lowest BCUT2D eigenvalue weighted by molar-refractivity contribution is -0.130. The summed E-state index contributed by atoms with van der Waals surface area (Å²) in [6, 6.07) is 0.750. The van der Waals surface area contributed by atoms with Crippen LogP contribution in [0.4, 0.5) is 5.69 Å². The third-order valence-corrected chi connectivity index (χ3v) is 3.81. The maximum atomic E-state index is 11.7. The number of rotatable bonds is 6. The van der Waals surface area contributed by atoms with Crippen LogP contribution in [0.5, 0.6) is 5.75 Å². The highest BCUT2D eigenvalue weighted by molar-refractivity contribution is 7.86. The molecule has 0 aromatic heterocycles. The van der Waals surface area contributed by atoms with Crippen molar-refractivity contribution < 1.29 is 32.9 Å². The summed E-state index contributed by atoms with van der Waals surface area (Å²) < 4.78 is 31.2. The first kappa shape index (κ1) is 19.1. The zero-order valence-electron chi connectivity index (χ0n) is 11.5. The van der Waals surface area contributed by atoms with Gasteiger partial charge in [0.15, 0.2) is 5.75 Å². The zero-order valence-corrected chi connectivity index (χ0v) is 13.1. The Morgan fingerprint density at radius 3 is 2.48 bits per heavy atom. The van der Waals surface area contributed by atoms with Gasteiger partial charge < -0.3 is 16.2 Å². The van der Waals surface area contributed by atoms with Crippen molar-refractivity contribution in [3.63, 3.8) is 0 Å². The van der Waals surface area contributed by atoms with Crippen LogP contribution in [0.2, 0.25) is 5.02 Å². The number of hydrogen-bond acceptors (Lipinski definition) is 7. The van der Waals surface area contributed by atoms with Gasteiger partial charge in [0.05, 0.1) is 11.7 Å². The van der Waals surface area contributed by atoms with E-state index in [1.807, 2.05) is 0 Å². The normalized spacial score (nSPS) is 12.5. The molecule has 0 saturated carbocycles. The molecule has 1 aromatic rings. The van der Waals surface area contributed by atoms with Crippen LogP contribution >= 0.6 is 11.6 Å². The van der Waals surface area contributed by atoms with E-state index in [1.54, 1.807) is 0 Å². The average molecular weight is 368 g/mol. The van der Waals surface area contributed by atoms with Gasteiger partial charge >= 0.3 is 0 Å². The summed E-state index contributed by atoms with van der Waals surface area (Å²) in [5, 5.41) is 20.2. The number of aromatic hydroxyl groups is 1. The molecule has 0 bridgehead atoms. The Kier molecular flexibility index (Phi) is 6.29. The monoisotopic (exact) mass is 367 g/mol. The molecule has 10 nitrogen and oxygen atoms in total. The van der Waals surface area contributed by atoms with Gasteiger partial charge in [-0.2, -0.15) is 8.42 Å². The lowest BCUT2D eigenvalue weighted by Crippen LogP contribution is -2.39. The molecule has 128 valence electrons. The van der Waals surface area contributed by atoms with Crippen LogP contribution in [0.1, 0.15) is 12.8 Å². The van der Waals surface area contributed by atoms with E-state index in [0.717, 1.165) is 12.1 Å². The third kappa shape index (κ3) is 5.33. The van der Waals surface area contributed by atoms with Gasteiger partial charge in [-0.05, 0) is 18.6 Å². The predicted octanol–water partition coefficient (Wildman–Crippen LogP) is -0.156. The molecule has 0 aliphatic carbocycles. The number of carbonyl (C=O) groups excluding carboxylic acids is 2. The number of carbonyl (C=O) groups is 2. The van der Waals surface area contributed by atoms with Gasteiger partial charge in [-0.15, -0.1) is 0 Å². The van der Waals surface area contributed by atoms with Crippen molar-refractivity contribution in [3.05, 3.63) is 17.2 Å². The number of amides is 2. The molecule has 0 aliphatic heterocycles. The highest BCUT2D eigenvalue weighted by atomic mass is 35.5. The molecule has 1 atom stereocenters. The Labute approximate surface area is 135 Å². The molecule has 0 radical (unpaired) electrons. The van der Waals surface area contributed by atoms with Gasteiger partial charge in [-0.3, -0.25) is 19.3 Å². The summed E-state index contributed by atoms with van der Waals surface area (Å²) in [6.07, 6.45) is -0.382. The van der Waals surface area contributed by atoms with E-state index >= 15 is 0 Å². The largest absolute Gasteiger partial charge is 0.504 e. The standard InChI is InChI=1S/C11H14ClN3O7S/c12-5-3-7(10(17)8(4-5)23(20,21)22)14-9(16)2-1-6(13)11(18)15-19/h3-4,6,17,19H,1-2,13H2,(H,14,16)(H,15,18)(H,20,21,22)/t6-/m0/s1. The Balaban J connectivity index is 2.87. The minimum atomic E-state index is -4.74. The Morgan fingerprint density at radius 1 is 1.35 bits per heavy atom. The van der Waals surface area contributed by atoms with Crippen molar-refractivity contribution in [1.29, 1.82) is 0 Å². The maximum absolute atomic E-state index is 11.7. The number of benzene rings is 1. The molecule has 2 amide bonds. The average Bonchev–Trinajstić information content (AvgIpc) is 2.46. The van der Waals surface area contributed by atoms with Crippen molar-refractivity contribution in [2.45, 2.75) is 23.8 Å². The highest BCUT2D eigenvalue weighted by Crippen LogP contribution is 2.34. The fraction of sp³-hybridized carbons (Fsp3) is 0.273. The lowest BCUT2D eigenvalue weighted by Gasteiger charge is -2.12. The number of hydroxylamine groups is 1. The summed E-state index contributed by atoms with van der Waals surface area (Å²) in [6.45, 7) is 0. The number of hydrogen-bond donors (Lipinski definition) is 6. The molecular weight excluding hydrogens is 354 g/mol. The molecule has 0 aliphatic rings. The van der Waals surface area contributed by atoms with Crippen LogP contribution in [0, 0.1) is 0 Å². The predicted molar refractivity (Wildman–Crippen MR) is 78.7 cm³/mol. The Bertz CT molecular complexity index is 723. The minimum absolute atomic E-state index is 0.120. The second-order valence-corrected chi connectivity index (χ2v) is 6.27. The lowest BCUT2D eigenvalue weighted by atomic mass is 10.1. The van der Waals surface area contributed by atoms with Gasteiger partial charge in [-0.25, -0.2) is 5.48 Å². The Morgan fingerprint density at radius 2 is 1.96 bits per heavy atom. The van der Waals surface area contributed by atoms with Gasteiger partial charge in [0.1, 0.15) is 4.90 Å². The van der Waals surface area contributed by atoms with Crippen LogP contribution in [0.25, 0.3) is 0 Å². The Hall–Kier alpha value is -1.92. The first-order chi connectivity index (χ1) is 10.6. The van der Waals surface area contributed by atoms with E-state index < -0.39 is 38.6 Å². The van der Waals surface area contributed by atoms with E-state index in [1.165, 1.54) is 5.48 Å². The molecule has 0 heterocycles. The van der Waals surface area contributed by atoms with Crippen molar-refractivity contribution >= 4 is 39.2 Å². The van der Waals surface area contributed by atoms with E-state index in [-0.39, 0.29) is 23.6 Å². The first-order valence-electron chi connectivity index (χ1n) is 6.05. The van der Waals surface area contributed by atoms with Gasteiger partial charge in [0.2, 0.25) is 5.91 Å². The third-order valence-electron chi connectivity index (χ3n) is 2.72. The van der Waals surface area contributed by atoms with Crippen molar-refractivity contribution in [3.8, 4) is 5.75 Å². The van der Waals surface area contributed by atoms with Crippen LogP contribution in [0.15, 0.2) is 17.0 Å². The topological polar surface area (TPSA) is 179 Å². The van der Waals surface area contributed by atoms with Crippen molar-refractivity contribution in [1.82, 2.24) is 5.48 Å². The van der Waals surface area contributed by atoms with Crippen LogP contribution < -0.4 is 16.5 Å². The molecule has 0 saturated heterocycles. The first-order valence-corrected chi connectivity index (χ1v) is 7.87. The molecule has 1 rings (SSSR count). The number of anilines is 1. The maximum Gasteiger partial charge on any atom is 0.298 e. The van der Waals surface area contributed by atoms with Crippen LogP contribution in [-0.4, -0.2) is 41.1 Å². The summed E-state index contributed by atoms with van der Waals surface area (Å²) in [4.78, 5) is 21.8. The fourth-order valence-corrected chi connectivity index (χ4v) is 2.49. The molecule has 1 aromatic carbocycles. The second kappa shape index (κ2) is 7.57. The summed E-state index contributed by atoms with van der Waals surface area (Å²) in [5.74, 6) is -2.47. The quantitative estimate of drug-likeness (QED) is 0.174. The molecule has 12 heteroatoms. The highest BCUT2D eigenvalue weighted by Gasteiger charge is 2.21. The number of halogens is 1. The van der Waals surface area contributed by atoms with Gasteiger partial charge in [0.25, 0.3) is 16.0 Å². The van der Waals surface area contributed by atoms with Gasteiger partial charge in [-0.1, -0.05) is 11.6 Å². The fourth-order valence-electron chi connectivity index (χ4n) is 1.58. The smallest absolute Gasteiger partial charge is 0.298 e. The molecule has 0 spiro atoms. The molecular formula is C11H14ClN3O7S. The van der Waals surface area contributed by atoms with E-state index in [0.29, 0.717) is 0 Å². The zero-order chi connectivity index (χ0) is 17.8. The van der Waals surface area contributed by atoms with Crippen LogP contribution in [-0.2, 0) is 19.7 Å². The van der Waals surface area contributed by atoms with Gasteiger partial charge in [0, 0.05) is 11.4 Å². The molecule has 0 unspecified atom stereocenters. The second-order valence-electron chi connectivity index (χ2n) is 4.44. The van der Waals surface area contributed by atoms with E-state index in [4.69, 9.17) is 27.1 Å². The number of phenols is 1. The summed E-state index contributed by atoms with van der Waals surface area (Å²) in [7, 11) is -4.74. The van der Waals surface area contributed by atoms with E-state index in [9.17, 15) is 23.1 Å². The molecule has 7 N–H and O–H groups in total.